The molecule has 19 heteroatoms. The number of aromatic nitrogens is 2. The van der Waals surface area contributed by atoms with E-state index >= 15 is 0 Å². The first-order valence-corrected chi connectivity index (χ1v) is 22.8. The molecule has 2 aliphatic heterocycles. The summed E-state index contributed by atoms with van der Waals surface area (Å²) in [5.74, 6) is -3.94. The van der Waals surface area contributed by atoms with Gasteiger partial charge in [0.25, 0.3) is 11.5 Å². The number of cyclic esters (lactones) is 1. The number of fused-ring (bicyclic) bond motifs is 5. The standard InChI is InChI=1S/C49H52N8O10S/c1-26(2)40(46(64)67-49-22-32-39(49)33(25-66-47(49)65)45(63)57-24-30-19-28-13-6-7-16-34(28)54-41(30)42(32)57)56-44(62)35(17-8-9-18-50)55-48(68)52-31-15-10-14-29(20-31)43(61)51-23-37(58)53-36(21-38(59)60)27-11-4-3-5-12-27/h3-7,10-16,19-20,26,35-36,40,46,64H,8-9,17-18,21-25,50H2,1-2H3,(H,51,61)(H,53,58)(H,56,62)(H,59,60)(H2,52,55,68)/t35-,36?,40-,46?,49-/m0/s1. The van der Waals surface area contributed by atoms with Crippen molar-refractivity contribution >= 4 is 63.6 Å². The molecule has 5 aromatic rings. The molecule has 0 fully saturated rings. The number of unbranched alkanes of at least 4 members (excludes halogenated alkanes) is 1. The Morgan fingerprint density at radius 3 is 2.47 bits per heavy atom. The monoisotopic (exact) mass is 944 g/mol. The largest absolute Gasteiger partial charge is 0.481 e. The Balaban J connectivity index is 0.924. The molecule has 18 nitrogen and oxygen atoms in total. The fourth-order valence-electron chi connectivity index (χ4n) is 9.07. The zero-order valence-corrected chi connectivity index (χ0v) is 38.2. The van der Waals surface area contributed by atoms with Crippen LogP contribution in [0.4, 0.5) is 5.69 Å². The number of aliphatic carboxylic acids is 1. The number of aliphatic hydroxyl groups excluding tert-OH is 1. The lowest BCUT2D eigenvalue weighted by Gasteiger charge is -2.47. The van der Waals surface area contributed by atoms with Crippen molar-refractivity contribution in [3.63, 3.8) is 0 Å². The summed E-state index contributed by atoms with van der Waals surface area (Å²) in [6.07, 6.45) is -0.605. The van der Waals surface area contributed by atoms with E-state index in [1.54, 1.807) is 60.9 Å². The lowest BCUT2D eigenvalue weighted by atomic mass is 9.69. The molecule has 5 atom stereocenters. The second-order valence-corrected chi connectivity index (χ2v) is 17.9. The van der Waals surface area contributed by atoms with Crippen molar-refractivity contribution in [2.24, 2.45) is 11.7 Å². The molecular weight excluding hydrogens is 893 g/mol. The molecule has 3 aromatic carbocycles. The molecule has 0 saturated carbocycles. The Labute approximate surface area is 396 Å². The maximum Gasteiger partial charge on any atom is 0.343 e. The van der Waals surface area contributed by atoms with Crippen LogP contribution in [0, 0.1) is 5.92 Å². The molecule has 4 heterocycles. The van der Waals surface area contributed by atoms with Gasteiger partial charge in [0.05, 0.1) is 54.1 Å². The maximum absolute atomic E-state index is 14.1. The van der Waals surface area contributed by atoms with Crippen molar-refractivity contribution in [3.8, 4) is 11.4 Å². The zero-order valence-electron chi connectivity index (χ0n) is 37.4. The van der Waals surface area contributed by atoms with E-state index in [2.05, 4.69) is 26.6 Å². The van der Waals surface area contributed by atoms with Gasteiger partial charge in [-0.05, 0) is 85.4 Å². The fourth-order valence-corrected chi connectivity index (χ4v) is 9.33. The van der Waals surface area contributed by atoms with Crippen molar-refractivity contribution in [2.45, 2.75) is 89.1 Å². The highest BCUT2D eigenvalue weighted by Crippen LogP contribution is 2.52. The number of amides is 3. The second kappa shape index (κ2) is 20.0. The summed E-state index contributed by atoms with van der Waals surface area (Å²) in [6, 6.07) is 21.9. The van der Waals surface area contributed by atoms with Crippen molar-refractivity contribution < 1.29 is 43.7 Å². The lowest BCUT2D eigenvalue weighted by Crippen LogP contribution is -2.61. The van der Waals surface area contributed by atoms with Gasteiger partial charge in [-0.2, -0.15) is 0 Å². The molecule has 0 bridgehead atoms. The Morgan fingerprint density at radius 1 is 0.956 bits per heavy atom. The molecule has 2 aromatic heterocycles. The Hall–Kier alpha value is -7.06. The van der Waals surface area contributed by atoms with Gasteiger partial charge in [0.15, 0.2) is 17.0 Å². The number of nitrogens with two attached hydrogens (primary N) is 1. The first-order valence-electron chi connectivity index (χ1n) is 22.4. The van der Waals surface area contributed by atoms with Crippen LogP contribution < -0.4 is 37.9 Å². The van der Waals surface area contributed by atoms with Crippen molar-refractivity contribution in [2.75, 3.05) is 18.4 Å². The number of anilines is 1. The molecule has 0 spiro atoms. The number of aliphatic hydroxyl groups is 1. The van der Waals surface area contributed by atoms with E-state index in [1.807, 2.05) is 30.3 Å². The SMILES string of the molecule is CC(C)[C@H](NC(=O)[C@H](CCCCN)NC(=S)Nc1cccc(C(=O)NCC(=O)NC(CC(=O)O)c2ccccc2)c1)C(O)O[C@@]12Cc3c1c(c(=O)n1c3-c3nc4ccccc4cc3C1)COC2=O. The van der Waals surface area contributed by atoms with Gasteiger partial charge < -0.3 is 56.6 Å². The fraction of sp³-hybridized carbons (Fsp3) is 0.347. The van der Waals surface area contributed by atoms with Crippen LogP contribution in [0.15, 0.2) is 89.7 Å². The number of thiocarbonyl (C=S) groups is 1. The Morgan fingerprint density at radius 2 is 1.72 bits per heavy atom. The number of hydrogen-bond donors (Lipinski definition) is 8. The summed E-state index contributed by atoms with van der Waals surface area (Å²) < 4.78 is 13.5. The predicted molar refractivity (Wildman–Crippen MR) is 254 cm³/mol. The molecule has 0 saturated heterocycles. The summed E-state index contributed by atoms with van der Waals surface area (Å²) in [5, 5.41) is 36.3. The third-order valence-electron chi connectivity index (χ3n) is 12.5. The van der Waals surface area contributed by atoms with Gasteiger partial charge in [0.1, 0.15) is 12.6 Å². The lowest BCUT2D eigenvalue weighted by molar-refractivity contribution is -0.236. The minimum atomic E-state index is -1.79. The highest BCUT2D eigenvalue weighted by Gasteiger charge is 2.60. The van der Waals surface area contributed by atoms with E-state index in [-0.39, 0.29) is 41.2 Å². The van der Waals surface area contributed by atoms with Crippen LogP contribution in [0.1, 0.15) is 83.7 Å². The molecule has 9 N–H and O–H groups in total. The molecule has 354 valence electrons. The topological polar surface area (TPSA) is 265 Å². The quantitative estimate of drug-likeness (QED) is 0.0251. The van der Waals surface area contributed by atoms with E-state index in [0.29, 0.717) is 60.6 Å². The minimum Gasteiger partial charge on any atom is -0.481 e. The van der Waals surface area contributed by atoms with Crippen molar-refractivity contribution in [3.05, 3.63) is 129 Å². The van der Waals surface area contributed by atoms with Gasteiger partial charge in [0, 0.05) is 34.2 Å². The number of ether oxygens (including phenoxy) is 2. The molecule has 0 radical (unpaired) electrons. The molecular formula is C49H52N8O10S. The number of carboxylic acids is 1. The number of rotatable bonds is 19. The van der Waals surface area contributed by atoms with Crippen molar-refractivity contribution in [1.82, 2.24) is 30.8 Å². The van der Waals surface area contributed by atoms with Crippen LogP contribution in [-0.2, 0) is 53.8 Å². The number of esters is 1. The summed E-state index contributed by atoms with van der Waals surface area (Å²) in [4.78, 5) is 84.1. The second-order valence-electron chi connectivity index (χ2n) is 17.5. The number of nitrogens with one attached hydrogen (secondary N) is 5. The van der Waals surface area contributed by atoms with Crippen LogP contribution in [-0.4, -0.2) is 86.0 Å². The van der Waals surface area contributed by atoms with Crippen LogP contribution >= 0.6 is 12.2 Å². The highest BCUT2D eigenvalue weighted by atomic mass is 32.1. The van der Waals surface area contributed by atoms with E-state index in [1.165, 1.54) is 12.1 Å². The van der Waals surface area contributed by atoms with E-state index < -0.39 is 72.1 Å². The van der Waals surface area contributed by atoms with E-state index in [0.717, 1.165) is 22.0 Å². The first-order chi connectivity index (χ1) is 32.7. The highest BCUT2D eigenvalue weighted by molar-refractivity contribution is 7.80. The number of carboxylic acid groups (broad SMARTS) is 1. The number of hydrogen-bond acceptors (Lipinski definition) is 12. The predicted octanol–water partition coefficient (Wildman–Crippen LogP) is 3.26. The Bertz CT molecular complexity index is 2870. The number of nitrogens with zero attached hydrogens (tertiary/aromatic N) is 2. The van der Waals surface area contributed by atoms with Gasteiger partial charge in [-0.1, -0.05) is 68.4 Å². The van der Waals surface area contributed by atoms with Gasteiger partial charge in [-0.15, -0.1) is 0 Å². The average Bonchev–Trinajstić information content (AvgIpc) is 3.68. The molecule has 3 amide bonds. The number of benzene rings is 3. The summed E-state index contributed by atoms with van der Waals surface area (Å²) in [6.45, 7) is 3.60. The van der Waals surface area contributed by atoms with Crippen LogP contribution in [0.5, 0.6) is 0 Å². The summed E-state index contributed by atoms with van der Waals surface area (Å²) in [5.41, 5.74) is 9.14. The first kappa shape index (κ1) is 47.4. The van der Waals surface area contributed by atoms with Crippen LogP contribution in [0.3, 0.4) is 0 Å². The number of carbonyl (C=O) groups excluding carboxylic acids is 4. The van der Waals surface area contributed by atoms with E-state index in [9.17, 15) is 39.0 Å². The molecule has 8 rings (SSSR count). The minimum absolute atomic E-state index is 0.0126. The number of para-hydroxylation sites is 1. The van der Waals surface area contributed by atoms with Crippen LogP contribution in [0.25, 0.3) is 22.3 Å². The summed E-state index contributed by atoms with van der Waals surface area (Å²) in [7, 11) is 0. The number of carbonyl (C=O) groups is 5. The van der Waals surface area contributed by atoms with Gasteiger partial charge >= 0.3 is 11.9 Å². The third kappa shape index (κ3) is 9.68. The van der Waals surface area contributed by atoms with Gasteiger partial charge in [-0.25, -0.2) is 9.78 Å². The van der Waals surface area contributed by atoms with Crippen molar-refractivity contribution in [1.29, 1.82) is 0 Å². The normalized spacial score (nSPS) is 17.0. The molecule has 1 aliphatic carbocycles. The van der Waals surface area contributed by atoms with Crippen LogP contribution in [0.2, 0.25) is 0 Å². The van der Waals surface area contributed by atoms with Gasteiger partial charge in [-0.3, -0.25) is 24.0 Å². The molecule has 3 aliphatic rings. The molecule has 68 heavy (non-hydrogen) atoms. The smallest absolute Gasteiger partial charge is 0.343 e. The average molecular weight is 945 g/mol. The Kier molecular flexibility index (Phi) is 14.0. The maximum atomic E-state index is 14.1. The number of pyridine rings is 2. The van der Waals surface area contributed by atoms with Gasteiger partial charge in [0.2, 0.25) is 11.8 Å². The zero-order chi connectivity index (χ0) is 48.3. The van der Waals surface area contributed by atoms with E-state index in [4.69, 9.17) is 32.4 Å². The third-order valence-corrected chi connectivity index (χ3v) is 12.7. The summed E-state index contributed by atoms with van der Waals surface area (Å²) >= 11 is 5.62. The molecule has 2 unspecified atom stereocenters.